The first-order valence-corrected chi connectivity index (χ1v) is 8.52. The second-order valence-corrected chi connectivity index (χ2v) is 6.66. The summed E-state index contributed by atoms with van der Waals surface area (Å²) >= 11 is 0. The summed E-state index contributed by atoms with van der Waals surface area (Å²) < 4.78 is 19.8. The summed E-state index contributed by atoms with van der Waals surface area (Å²) in [7, 11) is 0. The van der Waals surface area contributed by atoms with Gasteiger partial charge < -0.3 is 9.64 Å². The molecule has 2 aliphatic rings. The number of hydrogen-bond acceptors (Lipinski definition) is 2. The molecule has 0 amide bonds. The molecule has 2 aromatic carbocycles. The summed E-state index contributed by atoms with van der Waals surface area (Å²) in [5, 5.41) is 0. The molecule has 0 N–H and O–H groups in total. The van der Waals surface area contributed by atoms with Crippen LogP contribution in [0.4, 0.5) is 10.1 Å². The molecule has 0 radical (unpaired) electrons. The number of rotatable bonds is 4. The van der Waals surface area contributed by atoms with Crippen molar-refractivity contribution in [3.63, 3.8) is 0 Å². The molecule has 4 rings (SSSR count). The lowest BCUT2D eigenvalue weighted by molar-refractivity contribution is 0.299. The van der Waals surface area contributed by atoms with Crippen LogP contribution in [0, 0.1) is 5.82 Å². The van der Waals surface area contributed by atoms with Gasteiger partial charge in [0.1, 0.15) is 18.2 Å². The zero-order chi connectivity index (χ0) is 15.9. The zero-order valence-electron chi connectivity index (χ0n) is 13.5. The molecule has 0 aromatic heterocycles. The number of benzene rings is 2. The minimum atomic E-state index is -0.222. The Morgan fingerprint density at radius 2 is 2.00 bits per heavy atom. The standard InChI is InChI=1S/C20H22FNO/c1-2-3-6-11-22-13-20(16-7-4-5-8-18(16)22)14-23-19-10-9-15(21)12-17(19)20/h4-5,7-10,12H,2-3,6,11,13-14H2,1H3. The van der Waals surface area contributed by atoms with Crippen LogP contribution in [0.2, 0.25) is 0 Å². The van der Waals surface area contributed by atoms with Crippen molar-refractivity contribution in [2.45, 2.75) is 31.6 Å². The fourth-order valence-corrected chi connectivity index (χ4v) is 4.04. The van der Waals surface area contributed by atoms with Gasteiger partial charge in [-0.2, -0.15) is 0 Å². The highest BCUT2D eigenvalue weighted by molar-refractivity contribution is 5.69. The average molecular weight is 311 g/mol. The van der Waals surface area contributed by atoms with Gasteiger partial charge in [-0.1, -0.05) is 38.0 Å². The number of hydrogen-bond donors (Lipinski definition) is 0. The van der Waals surface area contributed by atoms with Crippen LogP contribution in [0.5, 0.6) is 5.75 Å². The summed E-state index contributed by atoms with van der Waals surface area (Å²) in [6, 6.07) is 13.4. The Morgan fingerprint density at radius 3 is 2.87 bits per heavy atom. The van der Waals surface area contributed by atoms with Crippen LogP contribution in [-0.4, -0.2) is 19.7 Å². The van der Waals surface area contributed by atoms with Gasteiger partial charge in [0.05, 0.1) is 5.41 Å². The molecule has 0 saturated heterocycles. The van der Waals surface area contributed by atoms with Gasteiger partial charge in [-0.05, 0) is 36.2 Å². The lowest BCUT2D eigenvalue weighted by Gasteiger charge is -2.25. The first-order chi connectivity index (χ1) is 11.2. The Morgan fingerprint density at radius 1 is 1.13 bits per heavy atom. The maximum absolute atomic E-state index is 13.9. The highest BCUT2D eigenvalue weighted by Gasteiger charge is 2.49. The molecular weight excluding hydrogens is 289 g/mol. The maximum atomic E-state index is 13.9. The maximum Gasteiger partial charge on any atom is 0.123 e. The Hall–Kier alpha value is -2.03. The lowest BCUT2D eigenvalue weighted by atomic mass is 9.78. The molecule has 0 bridgehead atoms. The summed E-state index contributed by atoms with van der Waals surface area (Å²) in [4.78, 5) is 2.45. The Labute approximate surface area is 136 Å². The van der Waals surface area contributed by atoms with E-state index >= 15 is 0 Å². The van der Waals surface area contributed by atoms with Crippen molar-refractivity contribution in [1.29, 1.82) is 0 Å². The van der Waals surface area contributed by atoms with E-state index in [9.17, 15) is 4.39 Å². The largest absolute Gasteiger partial charge is 0.492 e. The van der Waals surface area contributed by atoms with Crippen LogP contribution in [0.15, 0.2) is 42.5 Å². The van der Waals surface area contributed by atoms with Crippen molar-refractivity contribution < 1.29 is 9.13 Å². The first kappa shape index (κ1) is 14.6. The molecule has 2 aliphatic heterocycles. The van der Waals surface area contributed by atoms with Crippen molar-refractivity contribution >= 4 is 5.69 Å². The minimum Gasteiger partial charge on any atom is -0.492 e. The van der Waals surface area contributed by atoms with Gasteiger partial charge in [-0.15, -0.1) is 0 Å². The topological polar surface area (TPSA) is 12.5 Å². The van der Waals surface area contributed by atoms with Gasteiger partial charge >= 0.3 is 0 Å². The molecule has 0 aliphatic carbocycles. The SMILES string of the molecule is CCCCCN1CC2(COc3ccc(F)cc32)c2ccccc21. The predicted octanol–water partition coefficient (Wildman–Crippen LogP) is 4.51. The molecule has 1 unspecified atom stereocenters. The predicted molar refractivity (Wildman–Crippen MR) is 90.9 cm³/mol. The molecule has 3 heteroatoms. The van der Waals surface area contributed by atoms with Crippen LogP contribution in [0.3, 0.4) is 0 Å². The molecule has 23 heavy (non-hydrogen) atoms. The molecule has 0 fully saturated rings. The monoisotopic (exact) mass is 311 g/mol. The van der Waals surface area contributed by atoms with Crippen LogP contribution in [0.1, 0.15) is 37.3 Å². The molecule has 2 nitrogen and oxygen atoms in total. The molecule has 1 atom stereocenters. The molecule has 0 saturated carbocycles. The third-order valence-electron chi connectivity index (χ3n) is 5.18. The highest BCUT2D eigenvalue weighted by Crippen LogP contribution is 2.51. The van der Waals surface area contributed by atoms with Crippen molar-refractivity contribution in [3.05, 3.63) is 59.4 Å². The van der Waals surface area contributed by atoms with E-state index < -0.39 is 0 Å². The second-order valence-electron chi connectivity index (χ2n) is 6.66. The fourth-order valence-electron chi connectivity index (χ4n) is 4.04. The van der Waals surface area contributed by atoms with Gasteiger partial charge in [-0.3, -0.25) is 0 Å². The summed E-state index contributed by atoms with van der Waals surface area (Å²) in [6.07, 6.45) is 3.66. The van der Waals surface area contributed by atoms with E-state index in [2.05, 4.69) is 36.1 Å². The van der Waals surface area contributed by atoms with Gasteiger partial charge in [-0.25, -0.2) is 4.39 Å². The summed E-state index contributed by atoms with van der Waals surface area (Å²) in [5.74, 6) is 0.646. The van der Waals surface area contributed by atoms with E-state index in [1.807, 2.05) is 0 Å². The Kier molecular flexibility index (Phi) is 3.51. The van der Waals surface area contributed by atoms with E-state index in [1.165, 1.54) is 36.6 Å². The lowest BCUT2D eigenvalue weighted by Crippen LogP contribution is -2.36. The first-order valence-electron chi connectivity index (χ1n) is 8.52. The van der Waals surface area contributed by atoms with Crippen LogP contribution in [0.25, 0.3) is 0 Å². The highest BCUT2D eigenvalue weighted by atomic mass is 19.1. The number of anilines is 1. The van der Waals surface area contributed by atoms with E-state index in [0.29, 0.717) is 6.61 Å². The summed E-state index contributed by atoms with van der Waals surface area (Å²) in [6.45, 7) is 4.76. The van der Waals surface area contributed by atoms with E-state index in [-0.39, 0.29) is 11.2 Å². The number of halogens is 1. The Balaban J connectivity index is 1.76. The number of ether oxygens (including phenoxy) is 1. The van der Waals surface area contributed by atoms with Crippen molar-refractivity contribution in [3.8, 4) is 5.75 Å². The van der Waals surface area contributed by atoms with Crippen molar-refractivity contribution in [2.24, 2.45) is 0 Å². The van der Waals surface area contributed by atoms with Gasteiger partial charge in [0.15, 0.2) is 0 Å². The van der Waals surface area contributed by atoms with Gasteiger partial charge in [0.25, 0.3) is 0 Å². The average Bonchev–Trinajstić information content (AvgIpc) is 3.09. The number of fused-ring (bicyclic) bond motifs is 4. The second kappa shape index (κ2) is 5.55. The molecule has 2 heterocycles. The molecule has 1 spiro atoms. The number of nitrogens with zero attached hydrogens (tertiary/aromatic N) is 1. The quantitative estimate of drug-likeness (QED) is 0.770. The van der Waals surface area contributed by atoms with Gasteiger partial charge in [0, 0.05) is 24.3 Å². The number of unbranched alkanes of at least 4 members (excludes halogenated alkanes) is 2. The molecule has 120 valence electrons. The van der Waals surface area contributed by atoms with Crippen LogP contribution in [-0.2, 0) is 5.41 Å². The fraction of sp³-hybridized carbons (Fsp3) is 0.400. The minimum absolute atomic E-state index is 0.185. The number of para-hydroxylation sites is 1. The smallest absolute Gasteiger partial charge is 0.123 e. The van der Waals surface area contributed by atoms with E-state index in [0.717, 1.165) is 24.4 Å². The molecular formula is C20H22FNO. The Bertz CT molecular complexity index is 729. The van der Waals surface area contributed by atoms with Crippen molar-refractivity contribution in [2.75, 3.05) is 24.6 Å². The van der Waals surface area contributed by atoms with Crippen LogP contribution < -0.4 is 9.64 Å². The van der Waals surface area contributed by atoms with Crippen molar-refractivity contribution in [1.82, 2.24) is 0 Å². The zero-order valence-corrected chi connectivity index (χ0v) is 13.5. The molecule has 2 aromatic rings. The van der Waals surface area contributed by atoms with E-state index in [4.69, 9.17) is 4.74 Å². The normalized spacial score (nSPS) is 21.4. The van der Waals surface area contributed by atoms with E-state index in [1.54, 1.807) is 12.1 Å². The van der Waals surface area contributed by atoms with Crippen LogP contribution >= 0.6 is 0 Å². The summed E-state index contributed by atoms with van der Waals surface area (Å²) in [5.41, 5.74) is 3.34. The third kappa shape index (κ3) is 2.21. The third-order valence-corrected chi connectivity index (χ3v) is 5.18. The van der Waals surface area contributed by atoms with Gasteiger partial charge in [0.2, 0.25) is 0 Å².